The van der Waals surface area contributed by atoms with Gasteiger partial charge in [0.1, 0.15) is 0 Å². The van der Waals surface area contributed by atoms with E-state index in [0.29, 0.717) is 0 Å². The largest absolute Gasteiger partial charge is 0.201 e. The third-order valence-corrected chi connectivity index (χ3v) is 0.869. The zero-order chi connectivity index (χ0) is 3.54. The summed E-state index contributed by atoms with van der Waals surface area (Å²) in [4.78, 5) is 0. The van der Waals surface area contributed by atoms with E-state index in [-0.39, 0.29) is 18.9 Å². The Hall–Kier alpha value is 0.227. The molecule has 0 aliphatic carbocycles. The predicted molar refractivity (Wildman–Crippen MR) is 27.9 cm³/mol. The van der Waals surface area contributed by atoms with E-state index in [4.69, 9.17) is 0 Å². The average molecular weight is 92.1 g/mol. The molecule has 0 aliphatic rings. The standard InChI is InChI=1S/C3H3NS.Li/c1-2-4-5-3-1;/h1-3H;. The van der Waals surface area contributed by atoms with Crippen LogP contribution >= 0.6 is 11.5 Å². The van der Waals surface area contributed by atoms with Crippen molar-refractivity contribution in [2.75, 3.05) is 0 Å². The van der Waals surface area contributed by atoms with Crippen molar-refractivity contribution in [3.8, 4) is 0 Å². The number of hydrogen-bond donors (Lipinski definition) is 0. The van der Waals surface area contributed by atoms with Gasteiger partial charge in [0.05, 0.1) is 0 Å². The van der Waals surface area contributed by atoms with Gasteiger partial charge in [-0.15, -0.1) is 0 Å². The van der Waals surface area contributed by atoms with Gasteiger partial charge in [-0.1, -0.05) is 0 Å². The van der Waals surface area contributed by atoms with Gasteiger partial charge >= 0.3 is 0 Å². The molecule has 0 saturated heterocycles. The molecule has 0 saturated carbocycles. The van der Waals surface area contributed by atoms with E-state index in [1.54, 1.807) is 6.20 Å². The Morgan fingerprint density at radius 2 is 2.33 bits per heavy atom. The maximum atomic E-state index is 3.76. The summed E-state index contributed by atoms with van der Waals surface area (Å²) >= 11 is 1.46. The Morgan fingerprint density at radius 1 is 1.50 bits per heavy atom. The van der Waals surface area contributed by atoms with Gasteiger partial charge in [0.2, 0.25) is 0 Å². The summed E-state index contributed by atoms with van der Waals surface area (Å²) in [7, 11) is 0. The molecule has 6 heavy (non-hydrogen) atoms. The molecule has 1 aromatic heterocycles. The minimum Gasteiger partial charge on any atom is -0.201 e. The van der Waals surface area contributed by atoms with Crippen molar-refractivity contribution in [2.45, 2.75) is 0 Å². The Balaban J connectivity index is 0.000000250. The van der Waals surface area contributed by atoms with Crippen LogP contribution in [0.1, 0.15) is 0 Å². The molecule has 0 unspecified atom stereocenters. The average Bonchev–Trinajstić information content (AvgIpc) is 1.76. The molecule has 0 amide bonds. The van der Waals surface area contributed by atoms with E-state index in [1.807, 2.05) is 11.4 Å². The molecule has 1 radical (unpaired) electrons. The Morgan fingerprint density at radius 3 is 2.50 bits per heavy atom. The van der Waals surface area contributed by atoms with Crippen molar-refractivity contribution >= 4 is 30.4 Å². The van der Waals surface area contributed by atoms with Crippen molar-refractivity contribution in [3.63, 3.8) is 0 Å². The molecule has 1 nitrogen and oxygen atoms in total. The van der Waals surface area contributed by atoms with E-state index in [2.05, 4.69) is 4.37 Å². The fourth-order valence-electron chi connectivity index (χ4n) is 0.176. The summed E-state index contributed by atoms with van der Waals surface area (Å²) in [5, 5.41) is 1.93. The van der Waals surface area contributed by atoms with Crippen LogP contribution in [0.3, 0.4) is 0 Å². The van der Waals surface area contributed by atoms with Crippen LogP contribution in [-0.2, 0) is 0 Å². The molecular formula is C3H3LiNS. The van der Waals surface area contributed by atoms with E-state index in [1.165, 1.54) is 11.5 Å². The van der Waals surface area contributed by atoms with E-state index >= 15 is 0 Å². The SMILES string of the molecule is [Li].c1cnsc1. The zero-order valence-corrected chi connectivity index (χ0v) is 4.40. The normalized spacial score (nSPS) is 6.67. The van der Waals surface area contributed by atoms with Crippen molar-refractivity contribution in [1.29, 1.82) is 0 Å². The predicted octanol–water partition coefficient (Wildman–Crippen LogP) is 0.762. The summed E-state index contributed by atoms with van der Waals surface area (Å²) in [6.07, 6.45) is 1.77. The molecule has 3 heteroatoms. The van der Waals surface area contributed by atoms with Gasteiger partial charge in [-0.25, -0.2) is 4.37 Å². The van der Waals surface area contributed by atoms with Crippen LogP contribution in [0, 0.1) is 0 Å². The molecule has 1 heterocycles. The Bertz CT molecular complexity index is 67.3. The topological polar surface area (TPSA) is 12.9 Å². The van der Waals surface area contributed by atoms with Crippen molar-refractivity contribution in [3.05, 3.63) is 17.6 Å². The Kier molecular flexibility index (Phi) is 3.55. The van der Waals surface area contributed by atoms with Crippen molar-refractivity contribution < 1.29 is 0 Å². The molecule has 0 aliphatic heterocycles. The molecule has 27 valence electrons. The maximum Gasteiger partial charge on any atom is 0.0406 e. The fourth-order valence-corrected chi connectivity index (χ4v) is 0.527. The van der Waals surface area contributed by atoms with Crippen molar-refractivity contribution in [1.82, 2.24) is 4.37 Å². The second kappa shape index (κ2) is 3.42. The summed E-state index contributed by atoms with van der Waals surface area (Å²) in [6.45, 7) is 0. The second-order valence-electron chi connectivity index (χ2n) is 0.688. The number of rotatable bonds is 0. The van der Waals surface area contributed by atoms with Crippen LogP contribution in [0.4, 0.5) is 0 Å². The molecule has 1 rings (SSSR count). The number of aromatic nitrogens is 1. The van der Waals surface area contributed by atoms with Crippen LogP contribution in [0.25, 0.3) is 0 Å². The van der Waals surface area contributed by atoms with Crippen LogP contribution in [0.15, 0.2) is 17.6 Å². The summed E-state index contributed by atoms with van der Waals surface area (Å²) in [6, 6.07) is 1.91. The molecule has 0 fully saturated rings. The van der Waals surface area contributed by atoms with E-state index in [9.17, 15) is 0 Å². The Labute approximate surface area is 52.7 Å². The molecular weight excluding hydrogens is 89.0 g/mol. The van der Waals surface area contributed by atoms with Gasteiger partial charge in [0, 0.05) is 30.4 Å². The first-order valence-corrected chi connectivity index (χ1v) is 2.18. The second-order valence-corrected chi connectivity index (χ2v) is 1.38. The van der Waals surface area contributed by atoms with Crippen LogP contribution in [0.5, 0.6) is 0 Å². The molecule has 0 bridgehead atoms. The van der Waals surface area contributed by atoms with Gasteiger partial charge < -0.3 is 0 Å². The van der Waals surface area contributed by atoms with E-state index < -0.39 is 0 Å². The van der Waals surface area contributed by atoms with Crippen molar-refractivity contribution in [2.24, 2.45) is 0 Å². The fraction of sp³-hybridized carbons (Fsp3) is 0. The number of nitrogens with zero attached hydrogens (tertiary/aromatic N) is 1. The van der Waals surface area contributed by atoms with Gasteiger partial charge in [-0.05, 0) is 17.6 Å². The minimum atomic E-state index is 0. The summed E-state index contributed by atoms with van der Waals surface area (Å²) in [5.74, 6) is 0. The molecule has 0 N–H and O–H groups in total. The minimum absolute atomic E-state index is 0. The zero-order valence-electron chi connectivity index (χ0n) is 3.59. The quantitative estimate of drug-likeness (QED) is 0.430. The first-order chi connectivity index (χ1) is 2.50. The van der Waals surface area contributed by atoms with Crippen LogP contribution in [0.2, 0.25) is 0 Å². The third-order valence-electron chi connectivity index (χ3n) is 0.347. The van der Waals surface area contributed by atoms with Gasteiger partial charge in [0.25, 0.3) is 0 Å². The van der Waals surface area contributed by atoms with Gasteiger partial charge in [-0.3, -0.25) is 0 Å². The summed E-state index contributed by atoms with van der Waals surface area (Å²) < 4.78 is 3.76. The monoisotopic (exact) mass is 92.0 g/mol. The first kappa shape index (κ1) is 6.23. The van der Waals surface area contributed by atoms with Gasteiger partial charge in [-0.2, -0.15) is 0 Å². The van der Waals surface area contributed by atoms with Crippen LogP contribution in [-0.4, -0.2) is 23.2 Å². The smallest absolute Gasteiger partial charge is 0.0406 e. The van der Waals surface area contributed by atoms with E-state index in [0.717, 1.165) is 0 Å². The molecule has 1 aromatic rings. The maximum absolute atomic E-state index is 3.76. The third kappa shape index (κ3) is 1.61. The molecule has 0 atom stereocenters. The summed E-state index contributed by atoms with van der Waals surface area (Å²) in [5.41, 5.74) is 0. The van der Waals surface area contributed by atoms with Gasteiger partial charge in [0.15, 0.2) is 0 Å². The number of hydrogen-bond acceptors (Lipinski definition) is 2. The first-order valence-electron chi connectivity index (χ1n) is 1.34. The molecule has 0 aromatic carbocycles. The molecule has 0 spiro atoms. The van der Waals surface area contributed by atoms with Crippen LogP contribution < -0.4 is 0 Å².